The maximum atomic E-state index is 4.55. The quantitative estimate of drug-likeness (QED) is 0.127. The average Bonchev–Trinajstić information content (AvgIpc) is 1.62. The third kappa shape index (κ3) is 15.2. The molecule has 15 nitrogen and oxygen atoms in total. The zero-order valence-electron chi connectivity index (χ0n) is 77.1. The molecule has 25 aromatic rings. The van der Waals surface area contributed by atoms with Crippen LogP contribution in [-0.4, -0.2) is 47.8 Å². The fourth-order valence-electron chi connectivity index (χ4n) is 19.8. The number of benzene rings is 15. The van der Waals surface area contributed by atoms with E-state index >= 15 is 0 Å². The van der Waals surface area contributed by atoms with Gasteiger partial charge < -0.3 is 0 Å². The summed E-state index contributed by atoms with van der Waals surface area (Å²) in [5.41, 5.74) is 32.2. The van der Waals surface area contributed by atoms with E-state index in [2.05, 4.69) is 504 Å². The molecule has 10 aromatic heterocycles. The number of fused-ring (bicyclic) bond motifs is 10. The van der Waals surface area contributed by atoms with Gasteiger partial charge in [0.2, 0.25) is 0 Å². The SMILES string of the molecule is Cc1ccccc1-c1n(-c2cccc3ccncc23)c2ccccc2[n+]1C.Cc1ccccc1-c1n(-c2cccc3cnccc23)c2ccccc2[n+]1C.Cc1ccccc1-c1n(-c2cccc3ncccc23)c2ccccc2[n+]1C.Cc1ccccc1-c1n(-c2ccnc3ccccc23)c2ccccc2[n+]1C.Cc1ccccc1-c1n(-c2cncc3ccccc23)c2ccccc2[n+]1C. The highest BCUT2D eigenvalue weighted by Crippen LogP contribution is 2.40. The number of rotatable bonds is 10. The van der Waals surface area contributed by atoms with Gasteiger partial charge in [-0.15, -0.1) is 0 Å². The predicted octanol–water partition coefficient (Wildman–Crippen LogP) is 24.9. The largest absolute Gasteiger partial charge is 0.295 e. The van der Waals surface area contributed by atoms with E-state index in [1.807, 2.05) is 61.7 Å². The lowest BCUT2D eigenvalue weighted by Gasteiger charge is -2.08. The van der Waals surface area contributed by atoms with Gasteiger partial charge in [-0.3, -0.25) is 24.9 Å². The number of nitrogens with zero attached hydrogens (tertiary/aromatic N) is 15. The molecule has 15 heteroatoms. The molecule has 0 spiro atoms. The maximum Gasteiger partial charge on any atom is 0.295 e. The Labute approximate surface area is 783 Å². The van der Waals surface area contributed by atoms with Crippen LogP contribution in [0.2, 0.25) is 0 Å². The zero-order chi connectivity index (χ0) is 91.9. The van der Waals surface area contributed by atoms with Crippen molar-refractivity contribution in [1.82, 2.24) is 47.8 Å². The number of imidazole rings is 5. The molecule has 15 aromatic carbocycles. The van der Waals surface area contributed by atoms with Crippen molar-refractivity contribution in [1.29, 1.82) is 0 Å². The van der Waals surface area contributed by atoms with E-state index < -0.39 is 0 Å². The van der Waals surface area contributed by atoms with Crippen molar-refractivity contribution in [2.75, 3.05) is 0 Å². The number of aryl methyl sites for hydroxylation is 10. The molecule has 0 atom stereocenters. The van der Waals surface area contributed by atoms with Gasteiger partial charge in [-0.1, -0.05) is 212 Å². The Morgan fingerprint density at radius 3 is 0.896 bits per heavy atom. The summed E-state index contributed by atoms with van der Waals surface area (Å²) < 4.78 is 23.2. The summed E-state index contributed by atoms with van der Waals surface area (Å²) in [5.74, 6) is 5.85. The van der Waals surface area contributed by atoms with Crippen LogP contribution in [0.4, 0.5) is 0 Å². The normalized spacial score (nSPS) is 11.3. The highest BCUT2D eigenvalue weighted by molar-refractivity contribution is 5.98. The lowest BCUT2D eigenvalue weighted by Crippen LogP contribution is -2.30. The molecule has 0 aliphatic heterocycles. The van der Waals surface area contributed by atoms with Crippen LogP contribution in [0.25, 0.3) is 195 Å². The molecule has 0 aliphatic carbocycles. The fraction of sp³-hybridized carbons (Fsp3) is 0.0833. The molecule has 0 aliphatic rings. The molecule has 650 valence electrons. The zero-order valence-corrected chi connectivity index (χ0v) is 77.1. The molecule has 0 unspecified atom stereocenters. The molecular weight excluding hydrogens is 1650 g/mol. The van der Waals surface area contributed by atoms with Gasteiger partial charge in [0.15, 0.2) is 60.9 Å². The van der Waals surface area contributed by atoms with E-state index in [1.165, 1.54) is 156 Å². The number of hydrogen-bond donors (Lipinski definition) is 0. The van der Waals surface area contributed by atoms with Crippen molar-refractivity contribution in [2.24, 2.45) is 35.2 Å². The topological polar surface area (TPSA) is 108 Å². The van der Waals surface area contributed by atoms with Gasteiger partial charge in [-0.05, 0) is 226 Å². The smallest absolute Gasteiger partial charge is 0.264 e. The van der Waals surface area contributed by atoms with Crippen molar-refractivity contribution < 1.29 is 22.8 Å². The first kappa shape index (κ1) is 84.5. The lowest BCUT2D eigenvalue weighted by atomic mass is 10.1. The van der Waals surface area contributed by atoms with Gasteiger partial charge in [0.1, 0.15) is 22.7 Å². The Kier molecular flexibility index (Phi) is 22.7. The van der Waals surface area contributed by atoms with Gasteiger partial charge in [-0.2, -0.15) is 22.8 Å². The van der Waals surface area contributed by atoms with Crippen LogP contribution >= 0.6 is 0 Å². The molecule has 0 radical (unpaired) electrons. The second kappa shape index (κ2) is 36.2. The molecule has 0 saturated carbocycles. The first-order chi connectivity index (χ1) is 66.3. The molecule has 0 N–H and O–H groups in total. The van der Waals surface area contributed by atoms with Crippen LogP contribution in [0, 0.1) is 34.6 Å². The molecule has 0 amide bonds. The predicted molar refractivity (Wildman–Crippen MR) is 550 cm³/mol. The van der Waals surface area contributed by atoms with Gasteiger partial charge in [0.25, 0.3) is 29.1 Å². The Morgan fingerprint density at radius 2 is 0.467 bits per heavy atom. The van der Waals surface area contributed by atoms with Gasteiger partial charge in [-0.25, -0.2) is 22.8 Å². The highest BCUT2D eigenvalue weighted by Gasteiger charge is 2.35. The van der Waals surface area contributed by atoms with E-state index in [1.54, 1.807) is 0 Å². The van der Waals surface area contributed by atoms with Gasteiger partial charge in [0.05, 0.1) is 80.3 Å². The van der Waals surface area contributed by atoms with Crippen molar-refractivity contribution in [2.45, 2.75) is 34.6 Å². The summed E-state index contributed by atoms with van der Waals surface area (Å²) in [6.45, 7) is 10.8. The van der Waals surface area contributed by atoms with Crippen LogP contribution in [-0.2, 0) is 35.2 Å². The lowest BCUT2D eigenvalue weighted by molar-refractivity contribution is -0.634. The van der Waals surface area contributed by atoms with Crippen LogP contribution in [0.15, 0.2) is 426 Å². The first-order valence-corrected chi connectivity index (χ1v) is 45.7. The summed E-state index contributed by atoms with van der Waals surface area (Å²) in [5, 5.41) is 9.33. The fourth-order valence-corrected chi connectivity index (χ4v) is 19.8. The molecule has 25 rings (SSSR count). The molecule has 10 heterocycles. The summed E-state index contributed by atoms with van der Waals surface area (Å²) in [6, 6.07) is 132. The Balaban J connectivity index is 0.000000101. The standard InChI is InChI=1S/5C24H20N3/c1-17-9-3-5-11-19(17)24-26(2)21-13-7-8-14-22(21)27(24)23-16-25-15-18-10-4-6-12-20(18)23;1-17-9-3-4-10-18(17)24-26(2)22-13-5-6-14-23(22)27(24)21-15-7-12-20-19(21)11-8-16-25-20;1-17-9-3-4-10-18(17)24-26(2)22-13-7-8-14-23(22)27(24)21-15-16-25-20-12-6-5-11-19(20)21;1-17-8-3-4-10-19(17)24-26(2)22-11-5-6-12-23(22)27(24)21-13-7-9-18-16-25-15-14-20(18)21;1-17-8-3-4-10-19(17)24-26(2)22-11-5-6-12-23(22)27(24)21-13-7-9-18-14-15-25-16-20(18)21/h5*3-16H,1-2H3/q5*+1. The van der Waals surface area contributed by atoms with E-state index in [9.17, 15) is 0 Å². The number of para-hydroxylation sites is 11. The van der Waals surface area contributed by atoms with E-state index in [0.29, 0.717) is 0 Å². The Hall–Kier alpha value is -17.3. The molecule has 0 saturated heterocycles. The second-order valence-electron chi connectivity index (χ2n) is 34.4. The van der Waals surface area contributed by atoms with Crippen molar-refractivity contribution in [3.8, 4) is 85.4 Å². The Bertz CT molecular complexity index is 7650. The summed E-state index contributed by atoms with van der Waals surface area (Å²) in [6.07, 6.45) is 15.2. The van der Waals surface area contributed by atoms with Crippen molar-refractivity contribution >= 4 is 109 Å². The molecule has 0 fully saturated rings. The Morgan fingerprint density at radius 1 is 0.185 bits per heavy atom. The van der Waals surface area contributed by atoms with Crippen LogP contribution in [0.1, 0.15) is 27.8 Å². The minimum absolute atomic E-state index is 1.01. The molecular formula is C120H100N15+5. The van der Waals surface area contributed by atoms with Crippen LogP contribution < -0.4 is 22.8 Å². The number of pyridine rings is 5. The highest BCUT2D eigenvalue weighted by atomic mass is 15.2. The minimum atomic E-state index is 1.01. The third-order valence-corrected chi connectivity index (χ3v) is 26.4. The van der Waals surface area contributed by atoms with Crippen molar-refractivity contribution in [3.63, 3.8) is 0 Å². The maximum absolute atomic E-state index is 4.55. The summed E-state index contributed by atoms with van der Waals surface area (Å²) in [7, 11) is 10.7. The first-order valence-electron chi connectivity index (χ1n) is 45.7. The third-order valence-electron chi connectivity index (χ3n) is 26.4. The monoisotopic (exact) mass is 1750 g/mol. The molecule has 0 bridgehead atoms. The minimum Gasteiger partial charge on any atom is -0.264 e. The van der Waals surface area contributed by atoms with E-state index in [0.717, 1.165) is 66.5 Å². The van der Waals surface area contributed by atoms with Crippen molar-refractivity contribution in [3.05, 3.63) is 454 Å². The van der Waals surface area contributed by atoms with Gasteiger partial charge >= 0.3 is 0 Å². The number of hydrogen-bond acceptors (Lipinski definition) is 5. The van der Waals surface area contributed by atoms with Crippen LogP contribution in [0.3, 0.4) is 0 Å². The second-order valence-corrected chi connectivity index (χ2v) is 34.4. The average molecular weight is 1750 g/mol. The van der Waals surface area contributed by atoms with E-state index in [-0.39, 0.29) is 0 Å². The summed E-state index contributed by atoms with van der Waals surface area (Å²) in [4.78, 5) is 22.3. The molecule has 135 heavy (non-hydrogen) atoms. The summed E-state index contributed by atoms with van der Waals surface area (Å²) >= 11 is 0. The van der Waals surface area contributed by atoms with E-state index in [4.69, 9.17) is 0 Å². The van der Waals surface area contributed by atoms with Gasteiger partial charge in [0, 0.05) is 87.1 Å². The number of aromatic nitrogens is 15. The van der Waals surface area contributed by atoms with Crippen LogP contribution in [0.5, 0.6) is 0 Å².